The van der Waals surface area contributed by atoms with Crippen LogP contribution in [0.15, 0.2) is 60.4 Å². The van der Waals surface area contributed by atoms with E-state index in [1.54, 1.807) is 18.8 Å². The van der Waals surface area contributed by atoms with Crippen LogP contribution in [0.25, 0.3) is 15.7 Å². The van der Waals surface area contributed by atoms with Gasteiger partial charge in [-0.1, -0.05) is 0 Å². The average molecular weight is 496 g/mol. The Morgan fingerprint density at radius 1 is 1.11 bits per heavy atom. The number of aliphatic imine (C=N–C) groups is 1. The zero-order chi connectivity index (χ0) is 25.1. The Kier molecular flexibility index (Phi) is 7.26. The quantitative estimate of drug-likeness (QED) is 0.287. The number of fused-ring (bicyclic) bond motifs is 1. The monoisotopic (exact) mass is 496 g/mol. The molecule has 0 aliphatic carbocycles. The zero-order valence-corrected chi connectivity index (χ0v) is 22.2. The van der Waals surface area contributed by atoms with Crippen LogP contribution in [0.5, 0.6) is 0 Å². The molecule has 1 aromatic carbocycles. The molecule has 2 aliphatic heterocycles. The second-order valence-corrected chi connectivity index (χ2v) is 11.0. The van der Waals surface area contributed by atoms with Crippen molar-refractivity contribution in [3.8, 4) is 0 Å². The Morgan fingerprint density at radius 2 is 1.92 bits per heavy atom. The molecule has 6 nitrogen and oxygen atoms in total. The van der Waals surface area contributed by atoms with Crippen molar-refractivity contribution in [3.63, 3.8) is 0 Å². The van der Waals surface area contributed by atoms with Gasteiger partial charge >= 0.3 is 219 Å². The maximum absolute atomic E-state index is 4.69. The van der Waals surface area contributed by atoms with E-state index in [0.29, 0.717) is 5.41 Å². The minimum absolute atomic E-state index is 0.527. The number of anilines is 2. The third kappa shape index (κ3) is 5.25. The predicted molar refractivity (Wildman–Crippen MR) is 158 cm³/mol. The first-order valence-electron chi connectivity index (χ1n) is 12.5. The summed E-state index contributed by atoms with van der Waals surface area (Å²) in [6.45, 7) is 14.9. The van der Waals surface area contributed by atoms with Gasteiger partial charge < -0.3 is 0 Å². The number of rotatable bonds is 6. The van der Waals surface area contributed by atoms with Crippen LogP contribution < -0.4 is 15.5 Å². The molecule has 2 aromatic heterocycles. The van der Waals surface area contributed by atoms with Crippen LogP contribution in [-0.4, -0.2) is 60.7 Å². The van der Waals surface area contributed by atoms with Crippen LogP contribution in [0.1, 0.15) is 30.9 Å². The number of nitrogens with one attached hydrogen (secondary N) is 2. The summed E-state index contributed by atoms with van der Waals surface area (Å²) in [5.74, 6) is 1.86. The number of piperidine rings is 1. The van der Waals surface area contributed by atoms with Gasteiger partial charge in [0.05, 0.1) is 0 Å². The van der Waals surface area contributed by atoms with Crippen molar-refractivity contribution >= 4 is 56.6 Å². The number of pyridine rings is 2. The van der Waals surface area contributed by atoms with Gasteiger partial charge in [0, 0.05) is 0 Å². The zero-order valence-electron chi connectivity index (χ0n) is 21.3. The molecule has 0 amide bonds. The number of aromatic nitrogens is 2. The molecule has 2 saturated heterocycles. The van der Waals surface area contributed by atoms with Gasteiger partial charge in [0.15, 0.2) is 0 Å². The third-order valence-corrected chi connectivity index (χ3v) is 8.35. The maximum atomic E-state index is 4.69. The van der Waals surface area contributed by atoms with Crippen molar-refractivity contribution in [2.75, 3.05) is 43.4 Å². The molecule has 184 valence electrons. The molecule has 0 atom stereocenters. The molecule has 8 heteroatoms. The van der Waals surface area contributed by atoms with Crippen LogP contribution in [0.4, 0.5) is 11.6 Å². The van der Waals surface area contributed by atoms with Crippen molar-refractivity contribution in [1.29, 1.82) is 0 Å². The first kappa shape index (κ1) is 24.7. The Bertz CT molecular complexity index is 1340. The van der Waals surface area contributed by atoms with Gasteiger partial charge in [-0.25, -0.2) is 0 Å². The van der Waals surface area contributed by atoms with Gasteiger partial charge in [-0.2, -0.15) is 0 Å². The number of hydrogen-bond acceptors (Lipinski definition) is 7. The van der Waals surface area contributed by atoms with Crippen LogP contribution in [-0.2, 0) is 0 Å². The normalized spacial score (nSPS) is 17.6. The molecule has 0 unspecified atom stereocenters. The van der Waals surface area contributed by atoms with E-state index in [-0.39, 0.29) is 0 Å². The number of nitrogens with zero attached hydrogens (tertiary/aromatic N) is 4. The van der Waals surface area contributed by atoms with Crippen LogP contribution in [0.3, 0.4) is 0 Å². The molecule has 4 heterocycles. The predicted octanol–water partition coefficient (Wildman–Crippen LogP) is 4.91. The summed E-state index contributed by atoms with van der Waals surface area (Å²) in [6, 6.07) is 12.7. The van der Waals surface area contributed by atoms with E-state index in [9.17, 15) is 0 Å². The summed E-state index contributed by atoms with van der Waals surface area (Å²) in [7, 11) is 1.80. The van der Waals surface area contributed by atoms with Crippen molar-refractivity contribution in [3.05, 3.63) is 66.5 Å². The minimum atomic E-state index is 0.527. The summed E-state index contributed by atoms with van der Waals surface area (Å²) >= 11 is 1.60. The van der Waals surface area contributed by atoms with Gasteiger partial charge in [0.1, 0.15) is 0 Å². The summed E-state index contributed by atoms with van der Waals surface area (Å²) < 4.78 is 0. The average Bonchev–Trinajstić information content (AvgIpc) is 2.90. The summed E-state index contributed by atoms with van der Waals surface area (Å²) in [4.78, 5) is 17.0. The molecular formula is C28H33BN6S. The van der Waals surface area contributed by atoms with Crippen LogP contribution in [0, 0.1) is 5.41 Å². The second-order valence-electron chi connectivity index (χ2n) is 9.72. The van der Waals surface area contributed by atoms with Gasteiger partial charge in [-0.05, 0) is 0 Å². The van der Waals surface area contributed by atoms with Crippen molar-refractivity contribution < 1.29 is 0 Å². The fourth-order valence-electron chi connectivity index (χ4n) is 4.92. The van der Waals surface area contributed by atoms with E-state index < -0.39 is 0 Å². The Morgan fingerprint density at radius 3 is 2.61 bits per heavy atom. The molecule has 1 spiro atoms. The third-order valence-electron chi connectivity index (χ3n) is 7.39. The van der Waals surface area contributed by atoms with Gasteiger partial charge in [-0.15, -0.1) is 0 Å². The van der Waals surface area contributed by atoms with E-state index >= 15 is 0 Å². The van der Waals surface area contributed by atoms with Gasteiger partial charge in [0.2, 0.25) is 0 Å². The van der Waals surface area contributed by atoms with Gasteiger partial charge in [0.25, 0.3) is 0 Å². The van der Waals surface area contributed by atoms with Crippen molar-refractivity contribution in [1.82, 2.24) is 15.3 Å². The first-order valence-corrected chi connectivity index (χ1v) is 13.4. The Labute approximate surface area is 218 Å². The molecular weight excluding hydrogens is 463 g/mol. The molecule has 0 radical (unpaired) electrons. The number of benzene rings is 1. The molecule has 2 N–H and O–H groups in total. The number of hydrogen-bond donors (Lipinski definition) is 2. The van der Waals surface area contributed by atoms with Crippen LogP contribution >= 0.6 is 11.8 Å². The molecule has 36 heavy (non-hydrogen) atoms. The topological polar surface area (TPSA) is 65.4 Å². The van der Waals surface area contributed by atoms with E-state index in [2.05, 4.69) is 82.2 Å². The fourth-order valence-corrected chi connectivity index (χ4v) is 5.61. The summed E-state index contributed by atoms with van der Waals surface area (Å²) in [5.41, 5.74) is 3.76. The van der Waals surface area contributed by atoms with Crippen LogP contribution in [0.2, 0.25) is 6.82 Å². The molecule has 2 aliphatic rings. The summed E-state index contributed by atoms with van der Waals surface area (Å²) in [5, 5.41) is 10.2. The first-order chi connectivity index (χ1) is 17.5. The van der Waals surface area contributed by atoms with E-state index in [1.165, 1.54) is 25.9 Å². The van der Waals surface area contributed by atoms with Crippen molar-refractivity contribution in [2.45, 2.75) is 26.6 Å². The standard InChI is InChI=1S/C28H33BN6S/c1-19(36-20(2)30-4)21-5-6-23-16-33-25(14-24(23)13-21)34-27(29-3)22-7-10-32-26(15-22)35-11-8-28(9-12-35)17-31-18-28/h5-7,10,13-16,31H,1,8-9,11-12,17-18H2,2-4H3,(H,33,34). The number of thioether (sulfide) groups is 1. The van der Waals surface area contributed by atoms with Crippen molar-refractivity contribution in [2.24, 2.45) is 10.4 Å². The second kappa shape index (κ2) is 10.6. The Hall–Kier alpha value is -2.97. The molecule has 0 saturated carbocycles. The van der Waals surface area contributed by atoms with E-state index in [1.807, 2.05) is 19.3 Å². The molecule has 3 aromatic rings. The Balaban J connectivity index is 1.33. The molecule has 2 fully saturated rings. The van der Waals surface area contributed by atoms with E-state index in [0.717, 1.165) is 62.2 Å². The molecule has 5 rings (SSSR count). The van der Waals surface area contributed by atoms with E-state index in [4.69, 9.17) is 4.98 Å². The SMILES string of the molecule is C=C(SC(C)=NC)c1ccc2cnc(NC(=BC)c3ccnc(N4CCC5(CC4)CNC5)c3)cc2c1. The summed E-state index contributed by atoms with van der Waals surface area (Å²) in [6.07, 6.45) is 6.30. The van der Waals surface area contributed by atoms with Gasteiger partial charge in [-0.3, -0.25) is 0 Å². The fraction of sp³-hybridized carbons (Fsp3) is 0.357. The molecule has 0 bridgehead atoms.